The molecule has 4 aliphatic rings. The van der Waals surface area contributed by atoms with Crippen molar-refractivity contribution in [2.75, 3.05) is 43.6 Å². The van der Waals surface area contributed by atoms with Crippen molar-refractivity contribution in [2.45, 2.75) is 49.2 Å². The highest BCUT2D eigenvalue weighted by molar-refractivity contribution is 7.85. The first-order chi connectivity index (χ1) is 19.1. The van der Waals surface area contributed by atoms with E-state index in [1.54, 1.807) is 17.0 Å². The van der Waals surface area contributed by atoms with Gasteiger partial charge < -0.3 is 29.5 Å². The number of hydrogen-bond donors (Lipinski definition) is 1. The molecule has 0 bridgehead atoms. The van der Waals surface area contributed by atoms with E-state index in [-0.39, 0.29) is 52.9 Å². The number of amides is 3. The Bertz CT molecular complexity index is 1410. The zero-order chi connectivity index (χ0) is 28.2. The molecule has 2 aromatic rings. The summed E-state index contributed by atoms with van der Waals surface area (Å²) in [4.78, 5) is 43.7. The minimum Gasteiger partial charge on any atom is -0.454 e. The van der Waals surface area contributed by atoms with E-state index in [9.17, 15) is 18.6 Å². The number of benzene rings is 2. The van der Waals surface area contributed by atoms with Crippen molar-refractivity contribution >= 4 is 45.8 Å². The van der Waals surface area contributed by atoms with E-state index in [1.807, 2.05) is 30.0 Å². The molecule has 12 heteroatoms. The van der Waals surface area contributed by atoms with E-state index >= 15 is 0 Å². The van der Waals surface area contributed by atoms with Crippen molar-refractivity contribution in [1.82, 2.24) is 15.1 Å². The van der Waals surface area contributed by atoms with Crippen molar-refractivity contribution in [3.63, 3.8) is 0 Å². The maximum atomic E-state index is 13.5. The van der Waals surface area contributed by atoms with Gasteiger partial charge in [0.1, 0.15) is 5.75 Å². The number of anilines is 1. The van der Waals surface area contributed by atoms with Crippen LogP contribution in [0.5, 0.6) is 11.5 Å². The van der Waals surface area contributed by atoms with Crippen LogP contribution >= 0.6 is 11.6 Å². The van der Waals surface area contributed by atoms with Crippen molar-refractivity contribution in [3.8, 4) is 11.5 Å². The van der Waals surface area contributed by atoms with Gasteiger partial charge in [-0.15, -0.1) is 0 Å². The van der Waals surface area contributed by atoms with Crippen LogP contribution in [0.1, 0.15) is 37.0 Å². The molecule has 4 heterocycles. The average molecular weight is 587 g/mol. The Morgan fingerprint density at radius 1 is 1.07 bits per heavy atom. The topological polar surface area (TPSA) is 108 Å². The van der Waals surface area contributed by atoms with Gasteiger partial charge in [-0.3, -0.25) is 18.6 Å². The SMILES string of the molecule is CC1C(C)N(c2ccc3c(c2)OCO3)CCN1C(=O)c1ccc(S(=O)CC(=O)N2CC3(CCC(=O)N3)C2)c(Cl)c1. The monoisotopic (exact) mass is 586 g/mol. The predicted molar refractivity (Wildman–Crippen MR) is 149 cm³/mol. The molecule has 3 atom stereocenters. The van der Waals surface area contributed by atoms with Gasteiger partial charge in [0.15, 0.2) is 11.5 Å². The summed E-state index contributed by atoms with van der Waals surface area (Å²) in [5.41, 5.74) is 1.11. The molecule has 2 aromatic carbocycles. The fraction of sp³-hybridized carbons (Fsp3) is 0.464. The van der Waals surface area contributed by atoms with Crippen molar-refractivity contribution in [3.05, 3.63) is 47.0 Å². The first-order valence-corrected chi connectivity index (χ1v) is 15.1. The Labute approximate surface area is 240 Å². The van der Waals surface area contributed by atoms with Crippen LogP contribution in [-0.2, 0) is 20.4 Å². The van der Waals surface area contributed by atoms with Crippen LogP contribution in [0.4, 0.5) is 5.69 Å². The molecule has 3 amide bonds. The molecule has 212 valence electrons. The molecule has 4 aliphatic heterocycles. The summed E-state index contributed by atoms with van der Waals surface area (Å²) in [6.07, 6.45) is 1.19. The molecular formula is C28H31ClN4O6S. The second-order valence-electron chi connectivity index (χ2n) is 10.9. The van der Waals surface area contributed by atoms with Crippen LogP contribution in [0.15, 0.2) is 41.3 Å². The summed E-state index contributed by atoms with van der Waals surface area (Å²) in [7, 11) is -1.66. The molecular weight excluding hydrogens is 556 g/mol. The van der Waals surface area contributed by atoms with E-state index in [0.29, 0.717) is 49.5 Å². The lowest BCUT2D eigenvalue weighted by molar-refractivity contribution is -0.137. The van der Waals surface area contributed by atoms with Gasteiger partial charge in [-0.25, -0.2) is 0 Å². The Hall–Kier alpha value is -3.31. The lowest BCUT2D eigenvalue weighted by Crippen LogP contribution is -2.68. The Morgan fingerprint density at radius 2 is 1.85 bits per heavy atom. The van der Waals surface area contributed by atoms with Crippen LogP contribution in [-0.4, -0.2) is 88.1 Å². The number of piperazine rings is 1. The molecule has 0 radical (unpaired) electrons. The lowest BCUT2D eigenvalue weighted by atomic mass is 9.88. The van der Waals surface area contributed by atoms with Crippen LogP contribution in [0.25, 0.3) is 0 Å². The van der Waals surface area contributed by atoms with E-state index in [1.165, 1.54) is 6.07 Å². The zero-order valence-corrected chi connectivity index (χ0v) is 23.9. The summed E-state index contributed by atoms with van der Waals surface area (Å²) in [6, 6.07) is 10.6. The fourth-order valence-electron chi connectivity index (χ4n) is 6.00. The molecule has 1 N–H and O–H groups in total. The highest BCUT2D eigenvalue weighted by atomic mass is 35.5. The second-order valence-corrected chi connectivity index (χ2v) is 12.8. The largest absolute Gasteiger partial charge is 0.454 e. The molecule has 10 nitrogen and oxygen atoms in total. The average Bonchev–Trinajstić information content (AvgIpc) is 3.55. The fourth-order valence-corrected chi connectivity index (χ4v) is 7.49. The minimum atomic E-state index is -1.66. The van der Waals surface area contributed by atoms with Gasteiger partial charge in [-0.2, -0.15) is 0 Å². The predicted octanol–water partition coefficient (Wildman–Crippen LogP) is 2.41. The Balaban J connectivity index is 1.08. The maximum absolute atomic E-state index is 13.5. The minimum absolute atomic E-state index is 0.00697. The number of rotatable bonds is 5. The van der Waals surface area contributed by atoms with Crippen LogP contribution in [0.2, 0.25) is 5.02 Å². The molecule has 3 fully saturated rings. The molecule has 0 aliphatic carbocycles. The molecule has 0 saturated carbocycles. The second kappa shape index (κ2) is 10.3. The summed E-state index contributed by atoms with van der Waals surface area (Å²) < 4.78 is 23.9. The number of carbonyl (C=O) groups excluding carboxylic acids is 3. The molecule has 0 aromatic heterocycles. The number of hydrogen-bond acceptors (Lipinski definition) is 7. The summed E-state index contributed by atoms with van der Waals surface area (Å²) in [5.74, 6) is 0.868. The first-order valence-electron chi connectivity index (χ1n) is 13.4. The summed E-state index contributed by atoms with van der Waals surface area (Å²) in [6.45, 7) is 6.38. The number of likely N-dealkylation sites (tertiary alicyclic amines) is 1. The number of nitrogens with one attached hydrogen (secondary N) is 1. The highest BCUT2D eigenvalue weighted by Crippen LogP contribution is 2.37. The Kier molecular flexibility index (Phi) is 6.90. The van der Waals surface area contributed by atoms with E-state index < -0.39 is 10.8 Å². The van der Waals surface area contributed by atoms with Crippen LogP contribution in [0.3, 0.4) is 0 Å². The van der Waals surface area contributed by atoms with Crippen molar-refractivity contribution in [1.29, 1.82) is 0 Å². The Morgan fingerprint density at radius 3 is 2.58 bits per heavy atom. The number of ether oxygens (including phenoxy) is 2. The van der Waals surface area contributed by atoms with Crippen LogP contribution in [0, 0.1) is 0 Å². The quantitative estimate of drug-likeness (QED) is 0.573. The molecule has 6 rings (SSSR count). The van der Waals surface area contributed by atoms with E-state index in [2.05, 4.69) is 17.1 Å². The van der Waals surface area contributed by atoms with Crippen molar-refractivity contribution < 1.29 is 28.1 Å². The molecule has 3 unspecified atom stereocenters. The molecule has 40 heavy (non-hydrogen) atoms. The van der Waals surface area contributed by atoms with Gasteiger partial charge >= 0.3 is 0 Å². The third kappa shape index (κ3) is 4.79. The number of halogens is 1. The van der Waals surface area contributed by atoms with Gasteiger partial charge in [0.25, 0.3) is 5.91 Å². The molecule has 3 saturated heterocycles. The maximum Gasteiger partial charge on any atom is 0.254 e. The van der Waals surface area contributed by atoms with E-state index in [4.69, 9.17) is 21.1 Å². The lowest BCUT2D eigenvalue weighted by Gasteiger charge is -2.47. The number of carbonyl (C=O) groups is 3. The summed E-state index contributed by atoms with van der Waals surface area (Å²) in [5, 5.41) is 3.13. The number of fused-ring (bicyclic) bond motifs is 1. The van der Waals surface area contributed by atoms with Crippen LogP contribution < -0.4 is 19.7 Å². The van der Waals surface area contributed by atoms with Gasteiger partial charge in [-0.05, 0) is 50.6 Å². The highest BCUT2D eigenvalue weighted by Gasteiger charge is 2.49. The zero-order valence-electron chi connectivity index (χ0n) is 22.4. The van der Waals surface area contributed by atoms with Gasteiger partial charge in [0.2, 0.25) is 18.6 Å². The van der Waals surface area contributed by atoms with E-state index in [0.717, 1.165) is 17.2 Å². The smallest absolute Gasteiger partial charge is 0.254 e. The number of nitrogens with zero attached hydrogens (tertiary/aromatic N) is 3. The third-order valence-corrected chi connectivity index (χ3v) is 10.2. The van der Waals surface area contributed by atoms with Gasteiger partial charge in [-0.1, -0.05) is 11.6 Å². The third-order valence-electron chi connectivity index (χ3n) is 8.47. The van der Waals surface area contributed by atoms with Gasteiger partial charge in [0.05, 0.1) is 26.3 Å². The molecule has 1 spiro atoms. The van der Waals surface area contributed by atoms with Crippen molar-refractivity contribution in [2.24, 2.45) is 0 Å². The van der Waals surface area contributed by atoms with Gasteiger partial charge in [0, 0.05) is 62.0 Å². The first kappa shape index (κ1) is 26.9. The normalized spacial score (nSPS) is 23.7. The standard InChI is InChI=1S/C28H31ClN4O6S/c1-17-18(2)33(10-9-32(17)20-4-5-22-23(12-20)39-16-38-22)27(36)19-3-6-24(21(29)11-19)40(37)13-26(35)31-14-28(15-31)8-7-25(34)30-28/h3-6,11-12,17-18H,7-10,13-16H2,1-2H3,(H,30,34). The summed E-state index contributed by atoms with van der Waals surface area (Å²) >= 11 is 6.48.